The molecule has 1 unspecified atom stereocenters. The van der Waals surface area contributed by atoms with Gasteiger partial charge in [-0.3, -0.25) is 0 Å². The van der Waals surface area contributed by atoms with E-state index in [4.69, 9.17) is 0 Å². The Morgan fingerprint density at radius 2 is 1.89 bits per heavy atom. The summed E-state index contributed by atoms with van der Waals surface area (Å²) in [5.74, 6) is 1.71. The molecule has 18 heavy (non-hydrogen) atoms. The average molecular weight is 247 g/mol. The molecule has 0 bridgehead atoms. The van der Waals surface area contributed by atoms with Gasteiger partial charge in [-0.1, -0.05) is 32.6 Å². The van der Waals surface area contributed by atoms with E-state index in [2.05, 4.69) is 29.3 Å². The van der Waals surface area contributed by atoms with E-state index in [1.54, 1.807) is 6.33 Å². The Bertz CT molecular complexity index is 331. The Morgan fingerprint density at radius 1 is 1.22 bits per heavy atom. The normalized spacial score (nSPS) is 25.9. The molecule has 1 atom stereocenters. The second-order valence-corrected chi connectivity index (χ2v) is 5.51. The first-order valence-electron chi connectivity index (χ1n) is 7.27. The Hall–Kier alpha value is -0.960. The lowest BCUT2D eigenvalue weighted by Gasteiger charge is -2.33. The molecule has 1 aliphatic rings. The maximum Gasteiger partial charge on any atom is 0.115 e. The number of nitrogens with zero attached hydrogens (tertiary/aromatic N) is 2. The first-order valence-corrected chi connectivity index (χ1v) is 7.27. The molecule has 0 radical (unpaired) electrons. The highest BCUT2D eigenvalue weighted by Crippen LogP contribution is 2.37. The van der Waals surface area contributed by atoms with Crippen molar-refractivity contribution in [1.82, 2.24) is 15.3 Å². The number of nitrogens with one attached hydrogen (secondary N) is 1. The fraction of sp³-hybridized carbons (Fsp3) is 0.733. The van der Waals surface area contributed by atoms with Gasteiger partial charge in [-0.25, -0.2) is 9.97 Å². The molecule has 3 nitrogen and oxygen atoms in total. The van der Waals surface area contributed by atoms with Gasteiger partial charge < -0.3 is 5.32 Å². The number of aromatic nitrogens is 2. The van der Waals surface area contributed by atoms with Crippen molar-refractivity contribution in [1.29, 1.82) is 0 Å². The van der Waals surface area contributed by atoms with Crippen LogP contribution in [0, 0.1) is 11.8 Å². The minimum atomic E-state index is 0.425. The smallest absolute Gasteiger partial charge is 0.115 e. The molecule has 1 saturated carbocycles. The second-order valence-electron chi connectivity index (χ2n) is 5.51. The topological polar surface area (TPSA) is 37.8 Å². The summed E-state index contributed by atoms with van der Waals surface area (Å²) >= 11 is 0. The molecule has 0 aliphatic heterocycles. The maximum absolute atomic E-state index is 4.14. The summed E-state index contributed by atoms with van der Waals surface area (Å²) in [5.41, 5.74) is 1.24. The third-order valence-electron chi connectivity index (χ3n) is 4.31. The summed E-state index contributed by atoms with van der Waals surface area (Å²) in [5, 5.41) is 3.45. The van der Waals surface area contributed by atoms with Crippen LogP contribution in [-0.2, 0) is 0 Å². The monoisotopic (exact) mass is 247 g/mol. The van der Waals surface area contributed by atoms with Crippen LogP contribution < -0.4 is 5.32 Å². The molecule has 1 aromatic heterocycles. The molecule has 1 aromatic rings. The Kier molecular flexibility index (Phi) is 5.12. The van der Waals surface area contributed by atoms with E-state index in [9.17, 15) is 0 Å². The molecule has 0 saturated heterocycles. The van der Waals surface area contributed by atoms with Gasteiger partial charge in [-0.2, -0.15) is 0 Å². The van der Waals surface area contributed by atoms with E-state index in [0.717, 1.165) is 11.8 Å². The van der Waals surface area contributed by atoms with Crippen LogP contribution in [-0.4, -0.2) is 17.0 Å². The van der Waals surface area contributed by atoms with E-state index in [0.29, 0.717) is 6.04 Å². The summed E-state index contributed by atoms with van der Waals surface area (Å²) in [6.45, 7) is 2.30. The van der Waals surface area contributed by atoms with E-state index in [1.165, 1.54) is 44.1 Å². The lowest BCUT2D eigenvalue weighted by Crippen LogP contribution is -2.29. The van der Waals surface area contributed by atoms with Crippen molar-refractivity contribution >= 4 is 0 Å². The van der Waals surface area contributed by atoms with Crippen LogP contribution in [0.5, 0.6) is 0 Å². The van der Waals surface area contributed by atoms with Gasteiger partial charge in [0, 0.05) is 24.0 Å². The third-order valence-corrected chi connectivity index (χ3v) is 4.31. The van der Waals surface area contributed by atoms with Gasteiger partial charge in [0.05, 0.1) is 0 Å². The van der Waals surface area contributed by atoms with Crippen LogP contribution in [0.4, 0.5) is 0 Å². The predicted molar refractivity (Wildman–Crippen MR) is 74.2 cm³/mol. The fourth-order valence-corrected chi connectivity index (χ4v) is 3.36. The zero-order chi connectivity index (χ0) is 12.8. The Labute approximate surface area is 110 Å². The van der Waals surface area contributed by atoms with Gasteiger partial charge in [-0.05, 0) is 31.7 Å². The van der Waals surface area contributed by atoms with Crippen LogP contribution >= 0.6 is 0 Å². The largest absolute Gasteiger partial charge is 0.313 e. The summed E-state index contributed by atoms with van der Waals surface area (Å²) in [7, 11) is 2.05. The van der Waals surface area contributed by atoms with Crippen molar-refractivity contribution < 1.29 is 0 Å². The standard InChI is InChI=1S/C15H25N3/c1-3-4-12-5-7-13(8-6-12)15(16-2)14-9-17-11-18-10-14/h9-13,15-16H,3-8H2,1-2H3. The molecule has 1 aliphatic carbocycles. The molecule has 1 fully saturated rings. The lowest BCUT2D eigenvalue weighted by molar-refractivity contribution is 0.219. The molecular weight excluding hydrogens is 222 g/mol. The van der Waals surface area contributed by atoms with Crippen molar-refractivity contribution in [2.75, 3.05) is 7.05 Å². The van der Waals surface area contributed by atoms with Crippen molar-refractivity contribution in [2.45, 2.75) is 51.5 Å². The third kappa shape index (κ3) is 3.29. The number of hydrogen-bond donors (Lipinski definition) is 1. The summed E-state index contributed by atoms with van der Waals surface area (Å²) < 4.78 is 0. The predicted octanol–water partition coefficient (Wildman–Crippen LogP) is 3.34. The first kappa shape index (κ1) is 13.5. The molecule has 1 heterocycles. The molecule has 0 amide bonds. The number of hydrogen-bond acceptors (Lipinski definition) is 3. The molecule has 2 rings (SSSR count). The van der Waals surface area contributed by atoms with Crippen molar-refractivity contribution in [2.24, 2.45) is 11.8 Å². The van der Waals surface area contributed by atoms with Crippen LogP contribution in [0.25, 0.3) is 0 Å². The van der Waals surface area contributed by atoms with Gasteiger partial charge in [0.15, 0.2) is 0 Å². The Balaban J connectivity index is 1.95. The molecule has 100 valence electrons. The highest BCUT2D eigenvalue weighted by Gasteiger charge is 2.27. The summed E-state index contributed by atoms with van der Waals surface area (Å²) in [6, 6.07) is 0.425. The lowest BCUT2D eigenvalue weighted by atomic mass is 9.76. The highest BCUT2D eigenvalue weighted by molar-refractivity contribution is 5.10. The van der Waals surface area contributed by atoms with E-state index >= 15 is 0 Å². The quantitative estimate of drug-likeness (QED) is 0.867. The van der Waals surface area contributed by atoms with Crippen molar-refractivity contribution in [3.8, 4) is 0 Å². The first-order chi connectivity index (χ1) is 8.85. The second kappa shape index (κ2) is 6.83. The highest BCUT2D eigenvalue weighted by atomic mass is 14.9. The van der Waals surface area contributed by atoms with Gasteiger partial charge >= 0.3 is 0 Å². The van der Waals surface area contributed by atoms with Gasteiger partial charge in [0.25, 0.3) is 0 Å². The molecule has 0 aromatic carbocycles. The number of rotatable bonds is 5. The SMILES string of the molecule is CCCC1CCC(C(NC)c2cncnc2)CC1. The zero-order valence-corrected chi connectivity index (χ0v) is 11.6. The Morgan fingerprint density at radius 3 is 2.44 bits per heavy atom. The van der Waals surface area contributed by atoms with Crippen molar-refractivity contribution in [3.05, 3.63) is 24.3 Å². The maximum atomic E-state index is 4.14. The van der Waals surface area contributed by atoms with Crippen molar-refractivity contribution in [3.63, 3.8) is 0 Å². The summed E-state index contributed by atoms with van der Waals surface area (Å²) in [4.78, 5) is 8.28. The van der Waals surface area contributed by atoms with Gasteiger partial charge in [-0.15, -0.1) is 0 Å². The molecule has 3 heteroatoms. The average Bonchev–Trinajstić information content (AvgIpc) is 2.43. The van der Waals surface area contributed by atoms with Gasteiger partial charge in [0.1, 0.15) is 6.33 Å². The molecular formula is C15H25N3. The fourth-order valence-electron chi connectivity index (χ4n) is 3.36. The van der Waals surface area contributed by atoms with Crippen LogP contribution in [0.15, 0.2) is 18.7 Å². The molecule has 1 N–H and O–H groups in total. The van der Waals surface area contributed by atoms with E-state index in [-0.39, 0.29) is 0 Å². The molecule has 0 spiro atoms. The zero-order valence-electron chi connectivity index (χ0n) is 11.6. The van der Waals surface area contributed by atoms with E-state index < -0.39 is 0 Å². The minimum absolute atomic E-state index is 0.425. The van der Waals surface area contributed by atoms with Crippen LogP contribution in [0.1, 0.15) is 57.1 Å². The minimum Gasteiger partial charge on any atom is -0.313 e. The summed E-state index contributed by atoms with van der Waals surface area (Å²) in [6.07, 6.45) is 13.7. The van der Waals surface area contributed by atoms with E-state index in [1.807, 2.05) is 12.4 Å². The van der Waals surface area contributed by atoms with Crippen LogP contribution in [0.3, 0.4) is 0 Å². The van der Waals surface area contributed by atoms with Gasteiger partial charge in [0.2, 0.25) is 0 Å². The van der Waals surface area contributed by atoms with Crippen LogP contribution in [0.2, 0.25) is 0 Å².